The first kappa shape index (κ1) is 18.1. The summed E-state index contributed by atoms with van der Waals surface area (Å²) < 4.78 is 10.6. The number of nitrogens with one attached hydrogen (secondary N) is 1. The molecule has 28 heavy (non-hydrogen) atoms. The van der Waals surface area contributed by atoms with E-state index < -0.39 is 24.5 Å². The van der Waals surface area contributed by atoms with Crippen LogP contribution >= 0.6 is 11.6 Å². The molecule has 3 heterocycles. The van der Waals surface area contributed by atoms with Crippen molar-refractivity contribution in [1.82, 2.24) is 9.99 Å². The number of amides is 1. The normalized spacial score (nSPS) is 16.1. The number of hydrogen-bond donors (Lipinski definition) is 1. The van der Waals surface area contributed by atoms with Crippen molar-refractivity contribution in [2.45, 2.75) is 12.5 Å². The summed E-state index contributed by atoms with van der Waals surface area (Å²) in [6.45, 7) is -0.424. The van der Waals surface area contributed by atoms with E-state index in [0.717, 1.165) is 11.3 Å². The maximum atomic E-state index is 12.7. The van der Waals surface area contributed by atoms with E-state index in [0.29, 0.717) is 17.2 Å². The van der Waals surface area contributed by atoms with Crippen molar-refractivity contribution in [2.24, 2.45) is 5.10 Å². The number of halogens is 1. The van der Waals surface area contributed by atoms with Crippen LogP contribution in [0.5, 0.6) is 0 Å². The highest BCUT2D eigenvalue weighted by molar-refractivity contribution is 6.30. The number of aromatic amines is 1. The van der Waals surface area contributed by atoms with Crippen LogP contribution in [0.15, 0.2) is 70.5 Å². The second-order valence-electron chi connectivity index (χ2n) is 6.19. The summed E-state index contributed by atoms with van der Waals surface area (Å²) in [6, 6.07) is 13.6. The Labute approximate surface area is 165 Å². The van der Waals surface area contributed by atoms with E-state index in [-0.39, 0.29) is 5.69 Å². The first-order valence-electron chi connectivity index (χ1n) is 8.61. The number of hydrazone groups is 1. The second kappa shape index (κ2) is 7.74. The summed E-state index contributed by atoms with van der Waals surface area (Å²) in [5.41, 5.74) is 1.86. The molecule has 8 heteroatoms. The zero-order valence-electron chi connectivity index (χ0n) is 14.7. The molecule has 2 aromatic heterocycles. The minimum atomic E-state index is -0.603. The number of benzene rings is 1. The van der Waals surface area contributed by atoms with E-state index in [9.17, 15) is 9.59 Å². The van der Waals surface area contributed by atoms with Crippen molar-refractivity contribution >= 4 is 29.2 Å². The summed E-state index contributed by atoms with van der Waals surface area (Å²) in [4.78, 5) is 27.4. The summed E-state index contributed by atoms with van der Waals surface area (Å²) >= 11 is 5.95. The van der Waals surface area contributed by atoms with Gasteiger partial charge in [0.1, 0.15) is 17.5 Å². The van der Waals surface area contributed by atoms with Crippen LogP contribution in [0.4, 0.5) is 0 Å². The summed E-state index contributed by atoms with van der Waals surface area (Å²) in [5.74, 6) is -0.434. The predicted octanol–water partition coefficient (Wildman–Crippen LogP) is 3.80. The highest BCUT2D eigenvalue weighted by Gasteiger charge is 2.35. The van der Waals surface area contributed by atoms with Gasteiger partial charge in [-0.1, -0.05) is 23.7 Å². The van der Waals surface area contributed by atoms with Gasteiger partial charge in [0.25, 0.3) is 5.91 Å². The van der Waals surface area contributed by atoms with Gasteiger partial charge in [-0.3, -0.25) is 4.79 Å². The molecular weight excluding hydrogens is 382 g/mol. The molecule has 7 nitrogen and oxygen atoms in total. The molecule has 1 aliphatic rings. The molecule has 0 saturated heterocycles. The standard InChI is InChI=1S/C20H16ClN3O4/c21-14-7-5-13(6-8-14)16-11-17(18-4-2-10-27-18)24(23-16)19(25)12-28-20(26)15-3-1-9-22-15/h1-10,17,22H,11-12H2/t17-/m0/s1. The second-order valence-corrected chi connectivity index (χ2v) is 6.62. The highest BCUT2D eigenvalue weighted by atomic mass is 35.5. The molecule has 1 atom stereocenters. The fraction of sp³-hybridized carbons (Fsp3) is 0.150. The third-order valence-electron chi connectivity index (χ3n) is 4.36. The molecule has 0 spiro atoms. The topological polar surface area (TPSA) is 87.9 Å². The number of ether oxygens (including phenoxy) is 1. The molecule has 0 aliphatic carbocycles. The van der Waals surface area contributed by atoms with Crippen LogP contribution in [0.1, 0.15) is 34.3 Å². The number of hydrogen-bond acceptors (Lipinski definition) is 5. The lowest BCUT2D eigenvalue weighted by Crippen LogP contribution is -2.31. The van der Waals surface area contributed by atoms with Crippen LogP contribution in [0.3, 0.4) is 0 Å². The lowest BCUT2D eigenvalue weighted by molar-refractivity contribution is -0.136. The Kier molecular flexibility index (Phi) is 4.99. The van der Waals surface area contributed by atoms with Crippen LogP contribution in [0, 0.1) is 0 Å². The number of carbonyl (C=O) groups excluding carboxylic acids is 2. The van der Waals surface area contributed by atoms with Gasteiger partial charge in [0.15, 0.2) is 6.61 Å². The molecule has 0 saturated carbocycles. The van der Waals surface area contributed by atoms with Crippen molar-refractivity contribution in [2.75, 3.05) is 6.61 Å². The predicted molar refractivity (Wildman–Crippen MR) is 102 cm³/mol. The molecule has 1 aromatic carbocycles. The Morgan fingerprint density at radius 1 is 1.21 bits per heavy atom. The van der Waals surface area contributed by atoms with Gasteiger partial charge in [-0.05, 0) is 42.0 Å². The monoisotopic (exact) mass is 397 g/mol. The van der Waals surface area contributed by atoms with Gasteiger partial charge < -0.3 is 14.1 Å². The zero-order valence-corrected chi connectivity index (χ0v) is 15.4. The summed E-state index contributed by atoms with van der Waals surface area (Å²) in [6.07, 6.45) is 3.63. The molecule has 0 fully saturated rings. The Bertz CT molecular complexity index is 995. The van der Waals surface area contributed by atoms with Crippen LogP contribution in [-0.2, 0) is 9.53 Å². The van der Waals surface area contributed by atoms with Crippen molar-refractivity contribution < 1.29 is 18.7 Å². The minimum Gasteiger partial charge on any atom is -0.467 e. The van der Waals surface area contributed by atoms with Crippen LogP contribution in [0.25, 0.3) is 0 Å². The number of furan rings is 1. The number of H-pyrrole nitrogens is 1. The zero-order chi connectivity index (χ0) is 19.5. The van der Waals surface area contributed by atoms with E-state index in [1.54, 1.807) is 48.9 Å². The van der Waals surface area contributed by atoms with Gasteiger partial charge in [0.05, 0.1) is 12.0 Å². The summed E-state index contributed by atoms with van der Waals surface area (Å²) in [7, 11) is 0. The quantitative estimate of drug-likeness (QED) is 0.663. The van der Waals surface area contributed by atoms with E-state index in [2.05, 4.69) is 10.1 Å². The maximum Gasteiger partial charge on any atom is 0.355 e. The Hall–Kier alpha value is -3.32. The number of carbonyl (C=O) groups is 2. The third kappa shape index (κ3) is 3.70. The van der Waals surface area contributed by atoms with E-state index >= 15 is 0 Å². The van der Waals surface area contributed by atoms with Crippen LogP contribution in [-0.4, -0.2) is 34.2 Å². The van der Waals surface area contributed by atoms with Crippen molar-refractivity contribution in [1.29, 1.82) is 0 Å². The van der Waals surface area contributed by atoms with E-state index in [1.807, 2.05) is 12.1 Å². The van der Waals surface area contributed by atoms with Gasteiger partial charge in [0.2, 0.25) is 0 Å². The van der Waals surface area contributed by atoms with E-state index in [1.165, 1.54) is 5.01 Å². The average molecular weight is 398 g/mol. The number of aromatic nitrogens is 1. The maximum absolute atomic E-state index is 12.7. The molecule has 1 aliphatic heterocycles. The molecule has 1 amide bonds. The highest BCUT2D eigenvalue weighted by Crippen LogP contribution is 2.33. The number of esters is 1. The Balaban J connectivity index is 1.53. The summed E-state index contributed by atoms with van der Waals surface area (Å²) in [5, 5.41) is 6.39. The van der Waals surface area contributed by atoms with Gasteiger partial charge in [0, 0.05) is 17.6 Å². The Morgan fingerprint density at radius 2 is 2.04 bits per heavy atom. The fourth-order valence-corrected chi connectivity index (χ4v) is 3.11. The number of rotatable bonds is 5. The van der Waals surface area contributed by atoms with Crippen LogP contribution < -0.4 is 0 Å². The molecule has 3 aromatic rings. The lowest BCUT2D eigenvalue weighted by Gasteiger charge is -2.19. The first-order valence-corrected chi connectivity index (χ1v) is 8.99. The molecule has 0 bridgehead atoms. The van der Waals surface area contributed by atoms with Crippen molar-refractivity contribution in [3.8, 4) is 0 Å². The molecule has 1 N–H and O–H groups in total. The van der Waals surface area contributed by atoms with E-state index in [4.69, 9.17) is 20.8 Å². The van der Waals surface area contributed by atoms with Crippen molar-refractivity contribution in [3.63, 3.8) is 0 Å². The van der Waals surface area contributed by atoms with Gasteiger partial charge in [-0.25, -0.2) is 9.80 Å². The van der Waals surface area contributed by atoms with Crippen molar-refractivity contribution in [3.05, 3.63) is 83.0 Å². The Morgan fingerprint density at radius 3 is 2.71 bits per heavy atom. The molecule has 0 radical (unpaired) electrons. The van der Waals surface area contributed by atoms with Gasteiger partial charge in [-0.15, -0.1) is 0 Å². The minimum absolute atomic E-state index is 0.280. The van der Waals surface area contributed by atoms with Gasteiger partial charge in [-0.2, -0.15) is 5.10 Å². The molecule has 0 unspecified atom stereocenters. The number of nitrogens with zero attached hydrogens (tertiary/aromatic N) is 2. The average Bonchev–Trinajstić information content (AvgIpc) is 3.47. The largest absolute Gasteiger partial charge is 0.467 e. The molecule has 4 rings (SSSR count). The third-order valence-corrected chi connectivity index (χ3v) is 4.61. The SMILES string of the molecule is O=C(OCC(=O)N1N=C(c2ccc(Cl)cc2)C[C@H]1c1ccco1)c1ccc[nH]1. The smallest absolute Gasteiger partial charge is 0.355 e. The first-order chi connectivity index (χ1) is 13.6. The van der Waals surface area contributed by atoms with Crippen LogP contribution in [0.2, 0.25) is 5.02 Å². The van der Waals surface area contributed by atoms with Gasteiger partial charge >= 0.3 is 5.97 Å². The molecular formula is C20H16ClN3O4. The molecule has 142 valence electrons. The lowest BCUT2D eigenvalue weighted by atomic mass is 10.0. The fourth-order valence-electron chi connectivity index (χ4n) is 2.99.